The van der Waals surface area contributed by atoms with Gasteiger partial charge >= 0.3 is 0 Å². The number of sulfone groups is 1. The molecule has 0 heterocycles. The van der Waals surface area contributed by atoms with E-state index in [4.69, 9.17) is 0 Å². The van der Waals surface area contributed by atoms with Crippen LogP contribution in [0.5, 0.6) is 0 Å². The fraction of sp³-hybridized carbons (Fsp3) is 1.00. The van der Waals surface area contributed by atoms with Crippen LogP contribution in [0, 0.1) is 0 Å². The molecule has 0 saturated heterocycles. The Morgan fingerprint density at radius 3 is 2.38 bits per heavy atom. The molecular formula is C11H21NO3S. The third-order valence-corrected chi connectivity index (χ3v) is 5.46. The lowest BCUT2D eigenvalue weighted by Gasteiger charge is -2.38. The van der Waals surface area contributed by atoms with Gasteiger partial charge in [-0.15, -0.1) is 0 Å². The maximum absolute atomic E-state index is 11.5. The summed E-state index contributed by atoms with van der Waals surface area (Å²) in [4.78, 5) is 0. The van der Waals surface area contributed by atoms with E-state index in [1.54, 1.807) is 0 Å². The highest BCUT2D eigenvalue weighted by Gasteiger charge is 2.33. The molecule has 2 aliphatic rings. The molecule has 2 aliphatic carbocycles. The molecule has 0 aromatic carbocycles. The Hall–Kier alpha value is -0.130. The minimum absolute atomic E-state index is 0.146. The van der Waals surface area contributed by atoms with E-state index >= 15 is 0 Å². The van der Waals surface area contributed by atoms with Gasteiger partial charge in [0.2, 0.25) is 0 Å². The van der Waals surface area contributed by atoms with Crippen molar-refractivity contribution in [1.29, 1.82) is 0 Å². The average molecular weight is 247 g/mol. The first-order valence-electron chi connectivity index (χ1n) is 6.08. The van der Waals surface area contributed by atoms with E-state index in [-0.39, 0.29) is 11.4 Å². The Labute approximate surface area is 97.3 Å². The van der Waals surface area contributed by atoms with Crippen molar-refractivity contribution in [2.24, 2.45) is 0 Å². The van der Waals surface area contributed by atoms with Gasteiger partial charge in [-0.1, -0.05) is 6.42 Å². The predicted octanol–water partition coefficient (Wildman–Crippen LogP) is 0.455. The molecule has 2 atom stereocenters. The minimum atomic E-state index is -2.88. The van der Waals surface area contributed by atoms with Crippen molar-refractivity contribution in [3.05, 3.63) is 0 Å². The number of aliphatic hydroxyl groups is 1. The van der Waals surface area contributed by atoms with Crippen LogP contribution in [0.1, 0.15) is 38.5 Å². The average Bonchev–Trinajstić information content (AvgIpc) is 2.14. The van der Waals surface area contributed by atoms with Crippen molar-refractivity contribution >= 4 is 9.84 Å². The number of rotatable bonds is 3. The highest BCUT2D eigenvalue weighted by atomic mass is 32.2. The molecule has 2 saturated carbocycles. The molecule has 0 aliphatic heterocycles. The third-order valence-electron chi connectivity index (χ3n) is 3.82. The number of hydrogen-bond acceptors (Lipinski definition) is 4. The predicted molar refractivity (Wildman–Crippen MR) is 63.1 cm³/mol. The first-order valence-corrected chi connectivity index (χ1v) is 8.03. The summed E-state index contributed by atoms with van der Waals surface area (Å²) in [7, 11) is -2.88. The molecule has 4 nitrogen and oxygen atoms in total. The van der Waals surface area contributed by atoms with Gasteiger partial charge in [-0.2, -0.15) is 0 Å². The zero-order chi connectivity index (χ0) is 11.8. The fourth-order valence-electron chi connectivity index (χ4n) is 2.74. The van der Waals surface area contributed by atoms with Gasteiger partial charge in [0.05, 0.1) is 11.4 Å². The molecule has 0 aromatic heterocycles. The lowest BCUT2D eigenvalue weighted by Crippen LogP contribution is -2.50. The van der Waals surface area contributed by atoms with Gasteiger partial charge in [0.15, 0.2) is 0 Å². The maximum atomic E-state index is 11.5. The van der Waals surface area contributed by atoms with Crippen LogP contribution in [-0.4, -0.2) is 43.2 Å². The Kier molecular flexibility index (Phi) is 3.56. The van der Waals surface area contributed by atoms with E-state index in [0.29, 0.717) is 12.1 Å². The summed E-state index contributed by atoms with van der Waals surface area (Å²) in [5, 5.41) is 12.5. The highest BCUT2D eigenvalue weighted by Crippen LogP contribution is 2.27. The van der Waals surface area contributed by atoms with E-state index < -0.39 is 9.84 Å². The summed E-state index contributed by atoms with van der Waals surface area (Å²) >= 11 is 0. The molecule has 0 spiro atoms. The molecule has 0 radical (unpaired) electrons. The second-order valence-corrected chi connectivity index (χ2v) is 7.63. The SMILES string of the molecule is CS(=O)(=O)C1CCCC(NC2CC(O)C2)C1. The van der Waals surface area contributed by atoms with Gasteiger partial charge in [0, 0.05) is 18.3 Å². The van der Waals surface area contributed by atoms with Crippen molar-refractivity contribution < 1.29 is 13.5 Å². The van der Waals surface area contributed by atoms with E-state index in [1.807, 2.05) is 0 Å². The van der Waals surface area contributed by atoms with Crippen molar-refractivity contribution in [2.45, 2.75) is 62.0 Å². The molecule has 94 valence electrons. The zero-order valence-corrected chi connectivity index (χ0v) is 10.5. The van der Waals surface area contributed by atoms with Crippen LogP contribution in [0.3, 0.4) is 0 Å². The maximum Gasteiger partial charge on any atom is 0.150 e. The van der Waals surface area contributed by atoms with E-state index in [0.717, 1.165) is 38.5 Å². The molecule has 0 amide bonds. The molecule has 5 heteroatoms. The van der Waals surface area contributed by atoms with E-state index in [1.165, 1.54) is 6.26 Å². The Bertz CT molecular complexity index is 335. The summed E-state index contributed by atoms with van der Waals surface area (Å²) < 4.78 is 23.0. The number of aliphatic hydroxyl groups excluding tert-OH is 1. The molecule has 16 heavy (non-hydrogen) atoms. The van der Waals surface area contributed by atoms with Crippen LogP contribution in [0.25, 0.3) is 0 Å². The van der Waals surface area contributed by atoms with Gasteiger partial charge < -0.3 is 10.4 Å². The Morgan fingerprint density at radius 1 is 1.12 bits per heavy atom. The van der Waals surface area contributed by atoms with Crippen molar-refractivity contribution in [3.63, 3.8) is 0 Å². The molecular weight excluding hydrogens is 226 g/mol. The van der Waals surface area contributed by atoms with Gasteiger partial charge in [-0.3, -0.25) is 0 Å². The molecule has 2 rings (SSSR count). The van der Waals surface area contributed by atoms with Gasteiger partial charge in [-0.25, -0.2) is 8.42 Å². The van der Waals surface area contributed by atoms with E-state index in [9.17, 15) is 13.5 Å². The number of nitrogens with one attached hydrogen (secondary N) is 1. The third kappa shape index (κ3) is 2.96. The molecule has 2 fully saturated rings. The van der Waals surface area contributed by atoms with Gasteiger partial charge in [-0.05, 0) is 32.1 Å². The highest BCUT2D eigenvalue weighted by molar-refractivity contribution is 7.91. The van der Waals surface area contributed by atoms with Crippen molar-refractivity contribution in [1.82, 2.24) is 5.32 Å². The largest absolute Gasteiger partial charge is 0.393 e. The monoisotopic (exact) mass is 247 g/mol. The van der Waals surface area contributed by atoms with Crippen LogP contribution in [0.15, 0.2) is 0 Å². The summed E-state index contributed by atoms with van der Waals surface area (Å²) in [5.41, 5.74) is 0. The molecule has 0 bridgehead atoms. The first kappa shape index (κ1) is 12.3. The summed E-state index contributed by atoms with van der Waals surface area (Å²) in [6, 6.07) is 0.726. The first-order chi connectivity index (χ1) is 7.45. The van der Waals surface area contributed by atoms with Crippen LogP contribution in [0.2, 0.25) is 0 Å². The lowest BCUT2D eigenvalue weighted by atomic mass is 9.86. The normalized spacial score (nSPS) is 40.4. The Morgan fingerprint density at radius 2 is 1.81 bits per heavy atom. The smallest absolute Gasteiger partial charge is 0.150 e. The van der Waals surface area contributed by atoms with Crippen molar-refractivity contribution in [2.75, 3.05) is 6.26 Å². The number of hydrogen-bond donors (Lipinski definition) is 2. The minimum Gasteiger partial charge on any atom is -0.393 e. The fourth-order valence-corrected chi connectivity index (χ4v) is 3.92. The zero-order valence-electron chi connectivity index (χ0n) is 9.72. The molecule has 0 aromatic rings. The van der Waals surface area contributed by atoms with Crippen LogP contribution in [-0.2, 0) is 9.84 Å². The second-order valence-electron chi connectivity index (χ2n) is 5.30. The second kappa shape index (κ2) is 4.63. The lowest BCUT2D eigenvalue weighted by molar-refractivity contribution is 0.0554. The van der Waals surface area contributed by atoms with E-state index in [2.05, 4.69) is 5.32 Å². The van der Waals surface area contributed by atoms with Gasteiger partial charge in [0.25, 0.3) is 0 Å². The van der Waals surface area contributed by atoms with Crippen LogP contribution in [0.4, 0.5) is 0 Å². The van der Waals surface area contributed by atoms with Crippen LogP contribution >= 0.6 is 0 Å². The molecule has 2 unspecified atom stereocenters. The summed E-state index contributed by atoms with van der Waals surface area (Å²) in [5.74, 6) is 0. The topological polar surface area (TPSA) is 66.4 Å². The summed E-state index contributed by atoms with van der Waals surface area (Å²) in [6.07, 6.45) is 6.44. The van der Waals surface area contributed by atoms with Crippen molar-refractivity contribution in [3.8, 4) is 0 Å². The summed E-state index contributed by atoms with van der Waals surface area (Å²) in [6.45, 7) is 0. The van der Waals surface area contributed by atoms with Crippen LogP contribution < -0.4 is 5.32 Å². The quantitative estimate of drug-likeness (QED) is 0.760. The Balaban J connectivity index is 1.83. The van der Waals surface area contributed by atoms with Gasteiger partial charge in [0.1, 0.15) is 9.84 Å². The standard InChI is InChI=1S/C11H21NO3S/c1-16(14,15)11-4-2-3-8(7-11)12-9-5-10(13)6-9/h8-13H,2-7H2,1H3. The molecule has 2 N–H and O–H groups in total.